The van der Waals surface area contributed by atoms with Gasteiger partial charge in [-0.3, -0.25) is 9.59 Å². The van der Waals surface area contributed by atoms with Crippen molar-refractivity contribution in [3.8, 4) is 5.75 Å². The Morgan fingerprint density at radius 2 is 1.94 bits per heavy atom. The van der Waals surface area contributed by atoms with Gasteiger partial charge in [0.05, 0.1) is 11.3 Å². The van der Waals surface area contributed by atoms with Crippen LogP contribution in [-0.4, -0.2) is 20.5 Å². The van der Waals surface area contributed by atoms with Gasteiger partial charge in [0.15, 0.2) is 0 Å². The summed E-state index contributed by atoms with van der Waals surface area (Å²) in [6, 6.07) is 14.0. The van der Waals surface area contributed by atoms with Crippen molar-refractivity contribution < 1.29 is 13.9 Å². The van der Waals surface area contributed by atoms with E-state index in [0.29, 0.717) is 28.0 Å². The standard InChI is InChI=1S/C25H23FN4O3S/c26-21-12-5-4-11-20(21)23(32)27-17-9-6-10-19(13-17)33-15-18-14-22(31)30-25(28-18)34-24(29-30)16-7-2-1-3-8-16/h4-6,9-14,16H,1-3,7-8,15H2,(H,27,32). The Hall–Kier alpha value is -3.59. The van der Waals surface area contributed by atoms with Crippen molar-refractivity contribution in [1.82, 2.24) is 14.6 Å². The lowest BCUT2D eigenvalue weighted by atomic mass is 9.90. The smallest absolute Gasteiger partial charge is 0.275 e. The molecule has 0 aliphatic heterocycles. The maximum atomic E-state index is 13.9. The number of carbonyl (C=O) groups is 1. The van der Waals surface area contributed by atoms with Crippen molar-refractivity contribution in [2.24, 2.45) is 0 Å². The molecule has 1 amide bonds. The normalized spacial score (nSPS) is 14.3. The predicted molar refractivity (Wildman–Crippen MR) is 128 cm³/mol. The molecule has 1 aliphatic carbocycles. The third-order valence-electron chi connectivity index (χ3n) is 5.87. The monoisotopic (exact) mass is 478 g/mol. The largest absolute Gasteiger partial charge is 0.487 e. The average Bonchev–Trinajstić information content (AvgIpc) is 3.29. The molecule has 0 unspecified atom stereocenters. The van der Waals surface area contributed by atoms with Crippen LogP contribution in [0, 0.1) is 5.82 Å². The summed E-state index contributed by atoms with van der Waals surface area (Å²) in [5.41, 5.74) is 0.704. The van der Waals surface area contributed by atoms with Gasteiger partial charge >= 0.3 is 0 Å². The van der Waals surface area contributed by atoms with Gasteiger partial charge in [0.2, 0.25) is 4.96 Å². The van der Waals surface area contributed by atoms with E-state index < -0.39 is 11.7 Å². The molecule has 1 fully saturated rings. The second-order valence-electron chi connectivity index (χ2n) is 8.31. The molecular weight excluding hydrogens is 455 g/mol. The summed E-state index contributed by atoms with van der Waals surface area (Å²) in [6.07, 6.45) is 5.86. The first kappa shape index (κ1) is 22.2. The topological polar surface area (TPSA) is 85.6 Å². The molecule has 1 N–H and O–H groups in total. The van der Waals surface area contributed by atoms with Crippen LogP contribution in [0.5, 0.6) is 5.75 Å². The Kier molecular flexibility index (Phi) is 6.35. The molecule has 0 saturated heterocycles. The Bertz CT molecular complexity index is 1390. The molecule has 0 bridgehead atoms. The fraction of sp³-hybridized carbons (Fsp3) is 0.280. The molecule has 0 atom stereocenters. The van der Waals surface area contributed by atoms with E-state index in [0.717, 1.165) is 17.8 Å². The van der Waals surface area contributed by atoms with Crippen LogP contribution in [0.1, 0.15) is 59.1 Å². The highest BCUT2D eigenvalue weighted by molar-refractivity contribution is 7.16. The van der Waals surface area contributed by atoms with Crippen LogP contribution in [-0.2, 0) is 6.61 Å². The number of ether oxygens (including phenoxy) is 1. The summed E-state index contributed by atoms with van der Waals surface area (Å²) in [7, 11) is 0. The van der Waals surface area contributed by atoms with E-state index in [9.17, 15) is 14.0 Å². The average molecular weight is 479 g/mol. The lowest BCUT2D eigenvalue weighted by Crippen LogP contribution is -2.17. The summed E-state index contributed by atoms with van der Waals surface area (Å²) in [4.78, 5) is 30.1. The van der Waals surface area contributed by atoms with E-state index in [2.05, 4.69) is 15.4 Å². The first-order chi connectivity index (χ1) is 16.6. The quantitative estimate of drug-likeness (QED) is 0.413. The van der Waals surface area contributed by atoms with Gasteiger partial charge in [0.25, 0.3) is 11.5 Å². The maximum absolute atomic E-state index is 13.9. The van der Waals surface area contributed by atoms with Crippen LogP contribution in [0.2, 0.25) is 0 Å². The third kappa shape index (κ3) is 4.84. The van der Waals surface area contributed by atoms with Gasteiger partial charge in [0, 0.05) is 23.7 Å². The number of benzene rings is 2. The number of halogens is 1. The number of aromatic nitrogens is 3. The summed E-state index contributed by atoms with van der Waals surface area (Å²) < 4.78 is 21.0. The van der Waals surface area contributed by atoms with Crippen LogP contribution in [0.15, 0.2) is 59.4 Å². The lowest BCUT2D eigenvalue weighted by Gasteiger charge is -2.18. The van der Waals surface area contributed by atoms with Gasteiger partial charge in [-0.15, -0.1) is 0 Å². The second kappa shape index (κ2) is 9.72. The maximum Gasteiger partial charge on any atom is 0.275 e. The lowest BCUT2D eigenvalue weighted by molar-refractivity contribution is 0.102. The minimum Gasteiger partial charge on any atom is -0.487 e. The van der Waals surface area contributed by atoms with Crippen molar-refractivity contribution >= 4 is 27.9 Å². The SMILES string of the molecule is O=C(Nc1cccc(OCc2cc(=O)n3nc(C4CCCCC4)sc3n2)c1)c1ccccc1F. The van der Waals surface area contributed by atoms with Gasteiger partial charge in [-0.05, 0) is 37.1 Å². The van der Waals surface area contributed by atoms with E-state index in [1.807, 2.05) is 0 Å². The molecule has 174 valence electrons. The molecular formula is C25H23FN4O3S. The Balaban J connectivity index is 1.28. The van der Waals surface area contributed by atoms with Gasteiger partial charge < -0.3 is 10.1 Å². The van der Waals surface area contributed by atoms with Gasteiger partial charge in [-0.1, -0.05) is 48.8 Å². The van der Waals surface area contributed by atoms with Crippen LogP contribution in [0.3, 0.4) is 0 Å². The number of amides is 1. The van der Waals surface area contributed by atoms with Crippen molar-refractivity contribution in [3.63, 3.8) is 0 Å². The summed E-state index contributed by atoms with van der Waals surface area (Å²) >= 11 is 1.47. The molecule has 2 aromatic heterocycles. The summed E-state index contributed by atoms with van der Waals surface area (Å²) in [5.74, 6) is -0.244. The number of nitrogens with one attached hydrogen (secondary N) is 1. The number of rotatable bonds is 6. The van der Waals surface area contributed by atoms with Crippen LogP contribution in [0.25, 0.3) is 4.96 Å². The fourth-order valence-electron chi connectivity index (χ4n) is 4.12. The molecule has 4 aromatic rings. The molecule has 1 saturated carbocycles. The molecule has 5 rings (SSSR count). The molecule has 34 heavy (non-hydrogen) atoms. The highest BCUT2D eigenvalue weighted by Crippen LogP contribution is 2.34. The zero-order valence-electron chi connectivity index (χ0n) is 18.4. The first-order valence-corrected chi connectivity index (χ1v) is 12.1. The Morgan fingerprint density at radius 3 is 2.76 bits per heavy atom. The van der Waals surface area contributed by atoms with Crippen molar-refractivity contribution in [1.29, 1.82) is 0 Å². The highest BCUT2D eigenvalue weighted by Gasteiger charge is 2.20. The number of nitrogens with zero attached hydrogens (tertiary/aromatic N) is 3. The van der Waals surface area contributed by atoms with Crippen LogP contribution < -0.4 is 15.6 Å². The minimum absolute atomic E-state index is 0.0380. The highest BCUT2D eigenvalue weighted by atomic mass is 32.1. The van der Waals surface area contributed by atoms with Crippen LogP contribution >= 0.6 is 11.3 Å². The number of hydrogen-bond acceptors (Lipinski definition) is 6. The van der Waals surface area contributed by atoms with Gasteiger partial charge in [0.1, 0.15) is 23.2 Å². The summed E-state index contributed by atoms with van der Waals surface area (Å²) in [6.45, 7) is 0.0904. The zero-order valence-corrected chi connectivity index (χ0v) is 19.2. The van der Waals surface area contributed by atoms with E-state index in [4.69, 9.17) is 4.74 Å². The number of fused-ring (bicyclic) bond motifs is 1. The van der Waals surface area contributed by atoms with E-state index in [-0.39, 0.29) is 17.7 Å². The van der Waals surface area contributed by atoms with Crippen molar-refractivity contribution in [2.45, 2.75) is 44.6 Å². The Morgan fingerprint density at radius 1 is 1.12 bits per heavy atom. The molecule has 2 aromatic carbocycles. The number of anilines is 1. The molecule has 9 heteroatoms. The van der Waals surface area contributed by atoms with Crippen molar-refractivity contribution in [2.75, 3.05) is 5.32 Å². The van der Waals surface area contributed by atoms with Crippen LogP contribution in [0.4, 0.5) is 10.1 Å². The molecule has 0 radical (unpaired) electrons. The first-order valence-electron chi connectivity index (χ1n) is 11.3. The van der Waals surface area contributed by atoms with Gasteiger partial charge in [-0.2, -0.15) is 9.61 Å². The van der Waals surface area contributed by atoms with E-state index in [1.165, 1.54) is 59.4 Å². The second-order valence-corrected chi connectivity index (χ2v) is 9.29. The van der Waals surface area contributed by atoms with E-state index in [1.54, 1.807) is 30.3 Å². The van der Waals surface area contributed by atoms with Crippen molar-refractivity contribution in [3.05, 3.63) is 87.0 Å². The predicted octanol–water partition coefficient (Wildman–Crippen LogP) is 5.17. The number of hydrogen-bond donors (Lipinski definition) is 1. The fourth-order valence-corrected chi connectivity index (χ4v) is 5.22. The summed E-state index contributed by atoms with van der Waals surface area (Å²) in [5, 5.41) is 8.16. The molecule has 2 heterocycles. The van der Waals surface area contributed by atoms with E-state index >= 15 is 0 Å². The van der Waals surface area contributed by atoms with Gasteiger partial charge in [-0.25, -0.2) is 9.37 Å². The molecule has 1 aliphatic rings. The third-order valence-corrected chi connectivity index (χ3v) is 6.94. The number of carbonyl (C=O) groups excluding carboxylic acids is 1. The Labute approximate surface area is 199 Å². The zero-order chi connectivity index (χ0) is 23.5. The molecule has 0 spiro atoms. The molecule has 7 nitrogen and oxygen atoms in total. The minimum atomic E-state index is -0.588.